The van der Waals surface area contributed by atoms with E-state index in [1.54, 1.807) is 6.07 Å². The Labute approximate surface area is 130 Å². The molecule has 0 aliphatic carbocycles. The van der Waals surface area contributed by atoms with Gasteiger partial charge in [-0.25, -0.2) is 0 Å². The molecule has 1 atom stereocenters. The first kappa shape index (κ1) is 14.5. The molecule has 1 aromatic rings. The maximum atomic E-state index is 12.0. The SMILES string of the molecule is O=C(NCC1CCCCS1)c1ccc(I)c(Cl)c1. The third kappa shape index (κ3) is 4.03. The molecule has 0 saturated carbocycles. The normalized spacial score (nSPS) is 19.6. The lowest BCUT2D eigenvalue weighted by atomic mass is 10.1. The highest BCUT2D eigenvalue weighted by atomic mass is 127. The Balaban J connectivity index is 1.88. The molecule has 2 rings (SSSR count). The number of rotatable bonds is 3. The number of carbonyl (C=O) groups is 1. The van der Waals surface area contributed by atoms with Crippen LogP contribution in [0.2, 0.25) is 5.02 Å². The maximum Gasteiger partial charge on any atom is 0.251 e. The van der Waals surface area contributed by atoms with Gasteiger partial charge in [0.1, 0.15) is 0 Å². The van der Waals surface area contributed by atoms with Crippen LogP contribution in [0.15, 0.2) is 18.2 Å². The van der Waals surface area contributed by atoms with E-state index in [1.807, 2.05) is 23.9 Å². The molecule has 0 radical (unpaired) electrons. The van der Waals surface area contributed by atoms with Crippen LogP contribution in [-0.2, 0) is 0 Å². The number of hydrogen-bond acceptors (Lipinski definition) is 2. The molecule has 2 nitrogen and oxygen atoms in total. The molecule has 1 aliphatic heterocycles. The van der Waals surface area contributed by atoms with E-state index >= 15 is 0 Å². The number of amides is 1. The Kier molecular flexibility index (Phi) is 5.63. The van der Waals surface area contributed by atoms with Crippen LogP contribution in [0.1, 0.15) is 29.6 Å². The van der Waals surface area contributed by atoms with E-state index in [9.17, 15) is 4.79 Å². The van der Waals surface area contributed by atoms with Crippen molar-refractivity contribution in [3.8, 4) is 0 Å². The summed E-state index contributed by atoms with van der Waals surface area (Å²) in [5.74, 6) is 1.19. The van der Waals surface area contributed by atoms with Crippen LogP contribution in [0.4, 0.5) is 0 Å². The van der Waals surface area contributed by atoms with Crippen molar-refractivity contribution in [1.29, 1.82) is 0 Å². The molecule has 1 aliphatic rings. The molecule has 1 heterocycles. The second kappa shape index (κ2) is 7.01. The minimum atomic E-state index is -0.0283. The van der Waals surface area contributed by atoms with Crippen LogP contribution < -0.4 is 5.32 Å². The Hall–Kier alpha value is 0.0600. The van der Waals surface area contributed by atoms with Gasteiger partial charge in [-0.2, -0.15) is 11.8 Å². The van der Waals surface area contributed by atoms with Crippen LogP contribution in [0, 0.1) is 3.57 Å². The van der Waals surface area contributed by atoms with Crippen LogP contribution in [0.25, 0.3) is 0 Å². The molecular weight excluding hydrogens is 381 g/mol. The molecule has 98 valence electrons. The molecule has 1 aromatic carbocycles. The van der Waals surface area contributed by atoms with Crippen molar-refractivity contribution in [2.24, 2.45) is 0 Å². The molecule has 5 heteroatoms. The van der Waals surface area contributed by atoms with E-state index in [-0.39, 0.29) is 5.91 Å². The van der Waals surface area contributed by atoms with E-state index in [1.165, 1.54) is 25.0 Å². The molecule has 0 spiro atoms. The van der Waals surface area contributed by atoms with Gasteiger partial charge in [-0.15, -0.1) is 0 Å². The van der Waals surface area contributed by atoms with Crippen molar-refractivity contribution in [1.82, 2.24) is 5.32 Å². The Morgan fingerprint density at radius 3 is 3.00 bits per heavy atom. The quantitative estimate of drug-likeness (QED) is 0.785. The molecule has 0 aromatic heterocycles. The minimum absolute atomic E-state index is 0.0283. The summed E-state index contributed by atoms with van der Waals surface area (Å²) in [6.45, 7) is 0.757. The molecule has 1 unspecified atom stereocenters. The fourth-order valence-electron chi connectivity index (χ4n) is 1.91. The molecular formula is C13H15ClINOS. The van der Waals surface area contributed by atoms with Gasteiger partial charge in [-0.05, 0) is 59.4 Å². The van der Waals surface area contributed by atoms with Gasteiger partial charge in [0.05, 0.1) is 5.02 Å². The van der Waals surface area contributed by atoms with Gasteiger partial charge in [0.15, 0.2) is 0 Å². The van der Waals surface area contributed by atoms with Crippen LogP contribution in [0.3, 0.4) is 0 Å². The van der Waals surface area contributed by atoms with E-state index < -0.39 is 0 Å². The summed E-state index contributed by atoms with van der Waals surface area (Å²) in [7, 11) is 0. The topological polar surface area (TPSA) is 29.1 Å². The summed E-state index contributed by atoms with van der Waals surface area (Å²) in [5, 5.41) is 4.20. The minimum Gasteiger partial charge on any atom is -0.351 e. The predicted octanol–water partition coefficient (Wildman–Crippen LogP) is 3.96. The van der Waals surface area contributed by atoms with E-state index in [4.69, 9.17) is 11.6 Å². The highest BCUT2D eigenvalue weighted by Gasteiger charge is 2.15. The lowest BCUT2D eigenvalue weighted by Gasteiger charge is -2.21. The molecule has 1 amide bonds. The number of thioether (sulfide) groups is 1. The van der Waals surface area contributed by atoms with Gasteiger partial charge in [-0.1, -0.05) is 18.0 Å². The molecule has 18 heavy (non-hydrogen) atoms. The van der Waals surface area contributed by atoms with Crippen molar-refractivity contribution in [2.45, 2.75) is 24.5 Å². The summed E-state index contributed by atoms with van der Waals surface area (Å²) in [6.07, 6.45) is 3.79. The van der Waals surface area contributed by atoms with Gasteiger partial charge < -0.3 is 5.32 Å². The first-order chi connectivity index (χ1) is 8.66. The zero-order valence-electron chi connectivity index (χ0n) is 9.92. The van der Waals surface area contributed by atoms with Crippen LogP contribution >= 0.6 is 46.0 Å². The second-order valence-electron chi connectivity index (χ2n) is 4.33. The van der Waals surface area contributed by atoms with E-state index in [0.29, 0.717) is 15.8 Å². The third-order valence-corrected chi connectivity index (χ3v) is 5.92. The summed E-state index contributed by atoms with van der Waals surface area (Å²) in [6, 6.07) is 5.41. The first-order valence-corrected chi connectivity index (χ1v) is 8.52. The largest absolute Gasteiger partial charge is 0.351 e. The highest BCUT2D eigenvalue weighted by molar-refractivity contribution is 14.1. The maximum absolute atomic E-state index is 12.0. The molecule has 1 saturated heterocycles. The van der Waals surface area contributed by atoms with Crippen molar-refractivity contribution < 1.29 is 4.79 Å². The monoisotopic (exact) mass is 395 g/mol. The number of nitrogens with one attached hydrogen (secondary N) is 1. The second-order valence-corrected chi connectivity index (χ2v) is 7.31. The molecule has 1 fully saturated rings. The van der Waals surface area contributed by atoms with E-state index in [2.05, 4.69) is 27.9 Å². The fourth-order valence-corrected chi connectivity index (χ4v) is 3.67. The van der Waals surface area contributed by atoms with Gasteiger partial charge in [0, 0.05) is 20.9 Å². The lowest BCUT2D eigenvalue weighted by molar-refractivity contribution is 0.0953. The molecule has 0 bridgehead atoms. The van der Waals surface area contributed by atoms with Crippen LogP contribution in [0.5, 0.6) is 0 Å². The zero-order chi connectivity index (χ0) is 13.0. The summed E-state index contributed by atoms with van der Waals surface area (Å²) in [5.41, 5.74) is 0.640. The van der Waals surface area contributed by atoms with Crippen molar-refractivity contribution in [3.05, 3.63) is 32.4 Å². The van der Waals surface area contributed by atoms with Crippen molar-refractivity contribution in [2.75, 3.05) is 12.3 Å². The number of carbonyl (C=O) groups excluding carboxylic acids is 1. The Bertz CT molecular complexity index is 435. The van der Waals surface area contributed by atoms with Crippen LogP contribution in [-0.4, -0.2) is 23.5 Å². The fraction of sp³-hybridized carbons (Fsp3) is 0.462. The highest BCUT2D eigenvalue weighted by Crippen LogP contribution is 2.24. The van der Waals surface area contributed by atoms with Gasteiger partial charge >= 0.3 is 0 Å². The summed E-state index contributed by atoms with van der Waals surface area (Å²) >= 11 is 10.1. The van der Waals surface area contributed by atoms with E-state index in [0.717, 1.165) is 10.1 Å². The zero-order valence-corrected chi connectivity index (χ0v) is 13.6. The lowest BCUT2D eigenvalue weighted by Crippen LogP contribution is -2.31. The predicted molar refractivity (Wildman–Crippen MR) is 86.6 cm³/mol. The average molecular weight is 396 g/mol. The van der Waals surface area contributed by atoms with Crippen molar-refractivity contribution >= 4 is 51.9 Å². The first-order valence-electron chi connectivity index (χ1n) is 6.01. The number of hydrogen-bond donors (Lipinski definition) is 1. The Morgan fingerprint density at radius 1 is 1.50 bits per heavy atom. The third-order valence-electron chi connectivity index (χ3n) is 2.95. The van der Waals surface area contributed by atoms with Gasteiger partial charge in [-0.3, -0.25) is 4.79 Å². The Morgan fingerprint density at radius 2 is 2.33 bits per heavy atom. The smallest absolute Gasteiger partial charge is 0.251 e. The average Bonchev–Trinajstić information content (AvgIpc) is 2.40. The van der Waals surface area contributed by atoms with Gasteiger partial charge in [0.25, 0.3) is 5.91 Å². The van der Waals surface area contributed by atoms with Gasteiger partial charge in [0.2, 0.25) is 0 Å². The number of halogens is 2. The number of benzene rings is 1. The molecule has 1 N–H and O–H groups in total. The van der Waals surface area contributed by atoms with Crippen molar-refractivity contribution in [3.63, 3.8) is 0 Å². The standard InChI is InChI=1S/C13H15ClINOS/c14-11-7-9(4-5-12(11)15)13(17)16-8-10-3-1-2-6-18-10/h4-5,7,10H,1-3,6,8H2,(H,16,17). The summed E-state index contributed by atoms with van der Waals surface area (Å²) < 4.78 is 0.966. The summed E-state index contributed by atoms with van der Waals surface area (Å²) in [4.78, 5) is 12.0.